The van der Waals surface area contributed by atoms with Crippen molar-refractivity contribution >= 4 is 38.8 Å². The number of fused-ring (bicyclic) bond motifs is 1. The maximum atomic E-state index is 14.3. The number of benzene rings is 2. The Hall–Kier alpha value is -2.07. The van der Waals surface area contributed by atoms with Crippen molar-refractivity contribution in [2.45, 2.75) is 123 Å². The Bertz CT molecular complexity index is 1430. The molecule has 0 amide bonds. The van der Waals surface area contributed by atoms with Crippen LogP contribution in [0.3, 0.4) is 0 Å². The van der Waals surface area contributed by atoms with Crippen LogP contribution in [-0.4, -0.2) is 47.2 Å². The van der Waals surface area contributed by atoms with E-state index in [0.717, 1.165) is 48.5 Å². The predicted octanol–water partition coefficient (Wildman–Crippen LogP) is 7.92. The van der Waals surface area contributed by atoms with Gasteiger partial charge in [0.05, 0.1) is 6.10 Å². The number of rotatable bonds is 6. The molecule has 4 aliphatic rings. The van der Waals surface area contributed by atoms with Gasteiger partial charge < -0.3 is 13.6 Å². The second-order valence-corrected chi connectivity index (χ2v) is 26.4. The molecule has 2 bridgehead atoms. The molecule has 4 fully saturated rings. The highest BCUT2D eigenvalue weighted by atomic mass is 28.4. The van der Waals surface area contributed by atoms with Crippen molar-refractivity contribution in [3.8, 4) is 0 Å². The van der Waals surface area contributed by atoms with Crippen molar-refractivity contribution in [1.82, 2.24) is 0 Å². The highest BCUT2D eigenvalue weighted by molar-refractivity contribution is 6.99. The van der Waals surface area contributed by atoms with Gasteiger partial charge in [-0.15, -0.1) is 0 Å². The first-order valence-corrected chi connectivity index (χ1v) is 23.2. The molecule has 2 aromatic rings. The Balaban J connectivity index is 1.38. The van der Waals surface area contributed by atoms with E-state index in [-0.39, 0.29) is 58.4 Å². The molecule has 1 heterocycles. The van der Waals surface area contributed by atoms with Gasteiger partial charge in [-0.25, -0.2) is 4.79 Å². The van der Waals surface area contributed by atoms with Crippen molar-refractivity contribution in [3.05, 3.63) is 60.7 Å². The van der Waals surface area contributed by atoms with E-state index in [1.54, 1.807) is 0 Å². The molecule has 7 heteroatoms. The lowest BCUT2D eigenvalue weighted by Gasteiger charge is -2.64. The first-order valence-electron chi connectivity index (χ1n) is 18.2. The average molecular weight is 675 g/mol. The van der Waals surface area contributed by atoms with Crippen LogP contribution < -0.4 is 10.4 Å². The van der Waals surface area contributed by atoms with Crippen LogP contribution in [0.1, 0.15) is 87.0 Å². The van der Waals surface area contributed by atoms with Gasteiger partial charge in [0.2, 0.25) is 0 Å². The largest absolute Gasteiger partial charge is 0.460 e. The smallest absolute Gasteiger partial charge is 0.331 e. The number of hydrogen-bond acceptors (Lipinski definition) is 5. The van der Waals surface area contributed by atoms with Gasteiger partial charge in [0, 0.05) is 17.8 Å². The van der Waals surface area contributed by atoms with E-state index in [1.807, 2.05) is 12.1 Å². The summed E-state index contributed by atoms with van der Waals surface area (Å²) in [6.07, 6.45) is 5.13. The normalized spacial score (nSPS) is 36.9. The summed E-state index contributed by atoms with van der Waals surface area (Å²) in [5.74, 6) is 0.479. The molecule has 1 aliphatic heterocycles. The minimum atomic E-state index is -2.93. The lowest BCUT2D eigenvalue weighted by molar-refractivity contribution is -0.213. The SMILES string of the molecule is C[C@@H]1[C@@H]2O[Si](C)(C)CC[C@@]2(C)C[C@@H](OC(=O)CO[Si](c2ccccc2)(c2ccccc2)C(C)(C)C)[C@@]2(C)C3C(=O)CCC31CC[C@H]2C. The van der Waals surface area contributed by atoms with Crippen LogP contribution in [0.5, 0.6) is 0 Å². The lowest BCUT2D eigenvalue weighted by atomic mass is 9.43. The number of carbonyl (C=O) groups is 2. The number of carbonyl (C=O) groups excluding carboxylic acids is 2. The molecule has 0 radical (unpaired) electrons. The molecule has 2 unspecified atom stereocenters. The van der Waals surface area contributed by atoms with E-state index in [2.05, 4.69) is 110 Å². The zero-order valence-corrected chi connectivity index (χ0v) is 32.4. The van der Waals surface area contributed by atoms with Gasteiger partial charge in [0.15, 0.2) is 8.32 Å². The Labute approximate surface area is 285 Å². The number of esters is 1. The second kappa shape index (κ2) is 12.1. The summed E-state index contributed by atoms with van der Waals surface area (Å²) in [6, 6.07) is 22.0. The van der Waals surface area contributed by atoms with Crippen LogP contribution in [0.15, 0.2) is 60.7 Å². The summed E-state index contributed by atoms with van der Waals surface area (Å²) in [5.41, 5.74) is -0.679. The summed E-state index contributed by atoms with van der Waals surface area (Å²) in [4.78, 5) is 28.4. The monoisotopic (exact) mass is 674 g/mol. The van der Waals surface area contributed by atoms with Crippen LogP contribution in [0.2, 0.25) is 24.2 Å². The quantitative estimate of drug-likeness (QED) is 0.230. The summed E-state index contributed by atoms with van der Waals surface area (Å²) in [6.45, 7) is 20.6. The Morgan fingerprint density at radius 2 is 1.55 bits per heavy atom. The first-order chi connectivity index (χ1) is 22.0. The summed E-state index contributed by atoms with van der Waals surface area (Å²) in [7, 11) is -4.77. The highest BCUT2D eigenvalue weighted by Gasteiger charge is 2.69. The van der Waals surface area contributed by atoms with Crippen LogP contribution in [0.25, 0.3) is 0 Å². The summed E-state index contributed by atoms with van der Waals surface area (Å²) in [5, 5.41) is 2.03. The maximum absolute atomic E-state index is 14.3. The highest BCUT2D eigenvalue weighted by Crippen LogP contribution is 2.69. The van der Waals surface area contributed by atoms with Gasteiger partial charge in [0.25, 0.3) is 8.32 Å². The molecule has 256 valence electrons. The molecule has 1 saturated heterocycles. The van der Waals surface area contributed by atoms with Gasteiger partial charge in [0.1, 0.15) is 18.5 Å². The second-order valence-electron chi connectivity index (χ2n) is 17.8. The molecule has 0 aromatic heterocycles. The molecular formula is C40H58O5Si2. The Morgan fingerprint density at radius 1 is 0.957 bits per heavy atom. The number of ether oxygens (including phenoxy) is 1. The fourth-order valence-electron chi connectivity index (χ4n) is 10.9. The van der Waals surface area contributed by atoms with Gasteiger partial charge in [-0.1, -0.05) is 109 Å². The predicted molar refractivity (Wildman–Crippen MR) is 194 cm³/mol. The zero-order valence-electron chi connectivity index (χ0n) is 30.4. The fraction of sp³-hybridized carbons (Fsp3) is 0.650. The molecule has 6 rings (SSSR count). The standard InChI is InChI=1S/C40H58O5Si2/c1-28-20-22-40-23-21-32(41)35(40)39(28,7)33(26-38(6)24-25-46(8,9)45-36(38)29(40)2)44-34(42)27-43-47(37(3,4)5,30-16-12-10-13-17-30)31-18-14-11-15-19-31/h10-19,28-29,33,35-36H,20-27H2,1-9H3/t28-,29-,33-,35?,36+,38+,39+,40?/m1/s1. The molecular weight excluding hydrogens is 617 g/mol. The van der Waals surface area contributed by atoms with Crippen LogP contribution in [-0.2, 0) is 23.2 Å². The number of ketones is 1. The molecule has 0 spiro atoms. The number of Topliss-reactive ketones (excluding diaryl/α,β-unsaturated/α-hetero) is 1. The minimum absolute atomic E-state index is 0.0684. The van der Waals surface area contributed by atoms with E-state index >= 15 is 0 Å². The molecule has 47 heavy (non-hydrogen) atoms. The van der Waals surface area contributed by atoms with Crippen molar-refractivity contribution in [2.75, 3.05) is 6.61 Å². The third-order valence-corrected chi connectivity index (χ3v) is 21.0. The van der Waals surface area contributed by atoms with E-state index in [0.29, 0.717) is 12.2 Å². The molecule has 8 atom stereocenters. The molecule has 3 saturated carbocycles. The molecule has 3 aliphatic carbocycles. The lowest BCUT2D eigenvalue weighted by Crippen LogP contribution is -2.67. The Kier molecular flexibility index (Phi) is 8.93. The van der Waals surface area contributed by atoms with Crippen LogP contribution >= 0.6 is 0 Å². The van der Waals surface area contributed by atoms with E-state index in [9.17, 15) is 9.59 Å². The van der Waals surface area contributed by atoms with Crippen LogP contribution in [0, 0.1) is 34.0 Å². The third kappa shape index (κ3) is 5.55. The molecule has 5 nitrogen and oxygen atoms in total. The van der Waals surface area contributed by atoms with Gasteiger partial charge >= 0.3 is 5.97 Å². The van der Waals surface area contributed by atoms with Gasteiger partial charge in [-0.3, -0.25) is 4.79 Å². The van der Waals surface area contributed by atoms with E-state index in [1.165, 1.54) is 0 Å². The topological polar surface area (TPSA) is 61.8 Å². The van der Waals surface area contributed by atoms with Crippen molar-refractivity contribution in [1.29, 1.82) is 0 Å². The molecule has 0 N–H and O–H groups in total. The van der Waals surface area contributed by atoms with Gasteiger partial charge in [-0.05, 0) is 89.3 Å². The summed E-state index contributed by atoms with van der Waals surface area (Å²) < 4.78 is 21.0. The van der Waals surface area contributed by atoms with Crippen molar-refractivity contribution in [3.63, 3.8) is 0 Å². The minimum Gasteiger partial charge on any atom is -0.460 e. The fourth-order valence-corrected chi connectivity index (χ4v) is 17.9. The number of hydrogen-bond donors (Lipinski definition) is 0. The van der Waals surface area contributed by atoms with Gasteiger partial charge in [-0.2, -0.15) is 0 Å². The van der Waals surface area contributed by atoms with Crippen LogP contribution in [0.4, 0.5) is 0 Å². The average Bonchev–Trinajstić information content (AvgIpc) is 3.38. The van der Waals surface area contributed by atoms with Crippen molar-refractivity contribution < 1.29 is 23.2 Å². The molecule has 2 aromatic carbocycles. The first kappa shape index (κ1) is 34.8. The van der Waals surface area contributed by atoms with E-state index in [4.69, 9.17) is 13.6 Å². The van der Waals surface area contributed by atoms with E-state index < -0.39 is 22.0 Å². The van der Waals surface area contributed by atoms with Crippen molar-refractivity contribution in [2.24, 2.45) is 34.0 Å². The Morgan fingerprint density at radius 3 is 2.13 bits per heavy atom. The summed E-state index contributed by atoms with van der Waals surface area (Å²) >= 11 is 0. The maximum Gasteiger partial charge on any atom is 0.331 e. The zero-order chi connectivity index (χ0) is 34.0. The third-order valence-electron chi connectivity index (χ3n) is 13.7.